The molecule has 0 rings (SSSR count). The van der Waals surface area contributed by atoms with Gasteiger partial charge < -0.3 is 15.3 Å². The number of allylic oxidation sites excluding steroid dienone is 6. The number of aliphatic hydroxyl groups excluding tert-OH is 3. The second-order valence-corrected chi connectivity index (χ2v) is 13.1. The number of hydrogen-bond acceptors (Lipinski definition) is 3. The summed E-state index contributed by atoms with van der Waals surface area (Å²) in [7, 11) is 0. The van der Waals surface area contributed by atoms with E-state index < -0.39 is 12.2 Å². The molecule has 0 saturated carbocycles. The molecule has 0 heterocycles. The molecule has 0 aromatic carbocycles. The Kier molecular flexibility index (Phi) is 37.2. The molecule has 0 aliphatic heterocycles. The van der Waals surface area contributed by atoms with Crippen LogP contribution in [0.4, 0.5) is 0 Å². The van der Waals surface area contributed by atoms with Gasteiger partial charge in [-0.1, -0.05) is 149 Å². The molecule has 3 nitrogen and oxygen atoms in total. The third kappa shape index (κ3) is 39.4. The van der Waals surface area contributed by atoms with Crippen LogP contribution >= 0.6 is 0 Å². The maximum absolute atomic E-state index is 10.2. The van der Waals surface area contributed by atoms with Gasteiger partial charge in [-0.15, -0.1) is 12.8 Å². The van der Waals surface area contributed by atoms with E-state index in [0.717, 1.165) is 83.5 Å². The highest BCUT2D eigenvalue weighted by atomic mass is 16.3. The summed E-state index contributed by atoms with van der Waals surface area (Å²) in [4.78, 5) is 0. The summed E-state index contributed by atoms with van der Waals surface area (Å²) < 4.78 is 0. The van der Waals surface area contributed by atoms with E-state index in [4.69, 9.17) is 12.8 Å². The van der Waals surface area contributed by atoms with Crippen LogP contribution in [0.5, 0.6) is 0 Å². The fourth-order valence-corrected chi connectivity index (χ4v) is 5.43. The summed E-state index contributed by atoms with van der Waals surface area (Å²) in [6.07, 6.45) is 55.7. The molecule has 0 saturated heterocycles. The van der Waals surface area contributed by atoms with Crippen LogP contribution in [0.1, 0.15) is 173 Å². The lowest BCUT2D eigenvalue weighted by Crippen LogP contribution is -2.01. The molecule has 3 heteroatoms. The van der Waals surface area contributed by atoms with Gasteiger partial charge in [-0.3, -0.25) is 0 Å². The van der Waals surface area contributed by atoms with E-state index in [-0.39, 0.29) is 6.10 Å². The van der Waals surface area contributed by atoms with E-state index in [1.54, 1.807) is 6.08 Å². The molecule has 0 aromatic rings. The smallest absolute Gasteiger partial charge is 0.176 e. The Hall–Kier alpha value is -2.92. The first-order valence-electron chi connectivity index (χ1n) is 19.7. The van der Waals surface area contributed by atoms with Gasteiger partial charge in [-0.25, -0.2) is 0 Å². The largest absolute Gasteiger partial charge is 0.389 e. The summed E-state index contributed by atoms with van der Waals surface area (Å²) >= 11 is 0. The molecule has 0 bridgehead atoms. The molecule has 0 spiro atoms. The summed E-state index contributed by atoms with van der Waals surface area (Å²) in [6, 6.07) is 0. The Balaban J connectivity index is 3.52. The predicted octanol–water partition coefficient (Wildman–Crippen LogP) is 11.1. The van der Waals surface area contributed by atoms with E-state index >= 15 is 0 Å². The average molecular weight is 671 g/mol. The fourth-order valence-electron chi connectivity index (χ4n) is 5.43. The highest BCUT2D eigenvalue weighted by molar-refractivity contribution is 5.19. The van der Waals surface area contributed by atoms with E-state index in [2.05, 4.69) is 59.8 Å². The van der Waals surface area contributed by atoms with Crippen LogP contribution < -0.4 is 0 Å². The van der Waals surface area contributed by atoms with Gasteiger partial charge in [0.1, 0.15) is 6.10 Å². The van der Waals surface area contributed by atoms with E-state index in [1.807, 2.05) is 18.2 Å². The average Bonchev–Trinajstić information content (AvgIpc) is 3.10. The highest BCUT2D eigenvalue weighted by Gasteiger charge is 1.99. The molecular formula is C46H70O3. The van der Waals surface area contributed by atoms with Crippen LogP contribution in [-0.4, -0.2) is 33.6 Å². The Labute approximate surface area is 303 Å². The first-order chi connectivity index (χ1) is 24.1. The zero-order valence-electron chi connectivity index (χ0n) is 30.9. The maximum Gasteiger partial charge on any atom is 0.176 e. The third-order valence-electron chi connectivity index (χ3n) is 8.41. The van der Waals surface area contributed by atoms with Crippen LogP contribution in [0, 0.1) is 48.4 Å². The van der Waals surface area contributed by atoms with E-state index in [1.165, 1.54) is 83.5 Å². The van der Waals surface area contributed by atoms with Crippen molar-refractivity contribution >= 4 is 0 Å². The van der Waals surface area contributed by atoms with Gasteiger partial charge in [-0.05, 0) is 95.6 Å². The number of rotatable bonds is 31. The number of terminal acetylenes is 2. The lowest BCUT2D eigenvalue weighted by atomic mass is 10.0. The molecule has 49 heavy (non-hydrogen) atoms. The molecule has 272 valence electrons. The van der Waals surface area contributed by atoms with Gasteiger partial charge in [0.2, 0.25) is 0 Å². The van der Waals surface area contributed by atoms with Crippen LogP contribution in [0.3, 0.4) is 0 Å². The van der Waals surface area contributed by atoms with Gasteiger partial charge in [-0.2, -0.15) is 0 Å². The summed E-state index contributed by atoms with van der Waals surface area (Å²) in [5, 5.41) is 29.3. The minimum atomic E-state index is -0.884. The molecule has 3 N–H and O–H groups in total. The van der Waals surface area contributed by atoms with Crippen molar-refractivity contribution in [2.75, 3.05) is 0 Å². The zero-order valence-corrected chi connectivity index (χ0v) is 30.9. The van der Waals surface area contributed by atoms with Crippen molar-refractivity contribution in [3.63, 3.8) is 0 Å². The quantitative estimate of drug-likeness (QED) is 0.0391. The molecule has 0 aliphatic rings. The Bertz CT molecular complexity index is 1060. The fraction of sp³-hybridized carbons (Fsp3) is 0.652. The minimum absolute atomic E-state index is 0.388. The monoisotopic (exact) mass is 671 g/mol. The molecule has 0 aromatic heterocycles. The van der Waals surface area contributed by atoms with E-state index in [0.29, 0.717) is 6.42 Å². The molecule has 3 atom stereocenters. The van der Waals surface area contributed by atoms with Gasteiger partial charge in [0.15, 0.2) is 6.10 Å². The van der Waals surface area contributed by atoms with Crippen LogP contribution in [-0.2, 0) is 0 Å². The van der Waals surface area contributed by atoms with Gasteiger partial charge in [0.25, 0.3) is 0 Å². The number of hydrogen-bond donors (Lipinski definition) is 3. The Morgan fingerprint density at radius 1 is 0.449 bits per heavy atom. The number of aliphatic hydroxyl groups is 3. The first kappa shape index (κ1) is 46.1. The number of unbranched alkanes of at least 4 members (excludes halogenated alkanes) is 22. The van der Waals surface area contributed by atoms with Gasteiger partial charge in [0, 0.05) is 12.8 Å². The normalized spacial score (nSPS) is 13.2. The SMILES string of the molecule is C#CC=CCCCCCCCCCCCCCCC=CCCC/C=C/C(O)CCCCC#C[C@H](O)C#CCCCCCC/C=C/[C@H](O)C#C. The minimum Gasteiger partial charge on any atom is -0.389 e. The molecule has 1 unspecified atom stereocenters. The molecule has 0 aliphatic carbocycles. The summed E-state index contributed by atoms with van der Waals surface area (Å²) in [5.74, 6) is 16.5. The lowest BCUT2D eigenvalue weighted by molar-refractivity contribution is 0.208. The third-order valence-corrected chi connectivity index (χ3v) is 8.41. The highest BCUT2D eigenvalue weighted by Crippen LogP contribution is 2.14. The maximum atomic E-state index is 10.2. The lowest BCUT2D eigenvalue weighted by Gasteiger charge is -2.03. The standard InChI is InChI=1S/C46H70O3/c1-3-5-6-7-8-9-10-11-12-13-14-15-16-17-18-19-20-21-22-23-27-30-35-40-45(48)42-37-32-33-38-43-46(49)41-36-31-28-25-24-26-29-34-39-44(47)4-2/h1-2,5-6,21-22,34-35,39-40,44-49H,7-20,23-33,37,42H2/b6-5?,22-21?,39-34+,40-35+/t44-,45?,46-/m1/s1. The van der Waals surface area contributed by atoms with Crippen molar-refractivity contribution in [3.8, 4) is 48.4 Å². The summed E-state index contributed by atoms with van der Waals surface area (Å²) in [5.41, 5.74) is 0. The van der Waals surface area contributed by atoms with E-state index in [9.17, 15) is 15.3 Å². The molecular weight excluding hydrogens is 601 g/mol. The van der Waals surface area contributed by atoms with Gasteiger partial charge in [0.05, 0.1) is 6.10 Å². The Morgan fingerprint density at radius 3 is 1.43 bits per heavy atom. The van der Waals surface area contributed by atoms with Crippen LogP contribution in [0.25, 0.3) is 0 Å². The van der Waals surface area contributed by atoms with Crippen molar-refractivity contribution in [3.05, 3.63) is 48.6 Å². The van der Waals surface area contributed by atoms with Gasteiger partial charge >= 0.3 is 0 Å². The van der Waals surface area contributed by atoms with Crippen molar-refractivity contribution in [1.82, 2.24) is 0 Å². The topological polar surface area (TPSA) is 60.7 Å². The van der Waals surface area contributed by atoms with Crippen molar-refractivity contribution in [2.24, 2.45) is 0 Å². The molecule has 0 radical (unpaired) electrons. The first-order valence-corrected chi connectivity index (χ1v) is 19.7. The Morgan fingerprint density at radius 2 is 0.878 bits per heavy atom. The van der Waals surface area contributed by atoms with Crippen molar-refractivity contribution in [2.45, 2.75) is 192 Å². The predicted molar refractivity (Wildman–Crippen MR) is 212 cm³/mol. The summed E-state index contributed by atoms with van der Waals surface area (Å²) in [6.45, 7) is 0. The molecule has 0 fully saturated rings. The van der Waals surface area contributed by atoms with Crippen LogP contribution in [0.15, 0.2) is 48.6 Å². The van der Waals surface area contributed by atoms with Crippen molar-refractivity contribution in [1.29, 1.82) is 0 Å². The zero-order chi connectivity index (χ0) is 35.7. The van der Waals surface area contributed by atoms with Crippen LogP contribution in [0.2, 0.25) is 0 Å². The molecule has 0 amide bonds. The van der Waals surface area contributed by atoms with Crippen molar-refractivity contribution < 1.29 is 15.3 Å². The second kappa shape index (κ2) is 39.5. The second-order valence-electron chi connectivity index (χ2n) is 13.1.